The van der Waals surface area contributed by atoms with E-state index in [0.29, 0.717) is 55.6 Å². The average molecular weight is 508 g/mol. The Labute approximate surface area is 210 Å². The molecule has 37 heavy (non-hydrogen) atoms. The number of carbonyl (C=O) groups excluding carboxylic acids is 1. The lowest BCUT2D eigenvalue weighted by atomic mass is 10.2. The van der Waals surface area contributed by atoms with E-state index in [4.69, 9.17) is 9.26 Å². The summed E-state index contributed by atoms with van der Waals surface area (Å²) in [6, 6.07) is 19.0. The largest absolute Gasteiger partial charge is 0.586 e. The third-order valence-electron chi connectivity index (χ3n) is 6.18. The first-order chi connectivity index (χ1) is 17.9. The number of carbonyl (C=O) groups is 1. The highest BCUT2D eigenvalue weighted by Gasteiger charge is 2.43. The Bertz CT molecular complexity index is 1450. The number of para-hydroxylation sites is 1. The van der Waals surface area contributed by atoms with Crippen LogP contribution in [0, 0.1) is 0 Å². The first-order valence-electron chi connectivity index (χ1n) is 11.7. The summed E-state index contributed by atoms with van der Waals surface area (Å²) in [7, 11) is 0. The number of amides is 2. The molecule has 0 unspecified atom stereocenters. The molecule has 4 aromatic rings. The second-order valence-corrected chi connectivity index (χ2v) is 8.75. The van der Waals surface area contributed by atoms with Gasteiger partial charge in [0.1, 0.15) is 11.5 Å². The SMILES string of the molecule is O=C(Nc1noc2ccccc12)N1CCN(Cc2cccc(Oc3ccc4c(c3)OC(F)(F)O4)c2)CC1. The van der Waals surface area contributed by atoms with Crippen LogP contribution in [0.5, 0.6) is 23.0 Å². The quantitative estimate of drug-likeness (QED) is 0.392. The van der Waals surface area contributed by atoms with Gasteiger partial charge in [-0.25, -0.2) is 4.79 Å². The molecular formula is C26H22F2N4O5. The van der Waals surface area contributed by atoms with Crippen LogP contribution in [0.4, 0.5) is 19.4 Å². The minimum atomic E-state index is -3.67. The first-order valence-corrected chi connectivity index (χ1v) is 11.7. The van der Waals surface area contributed by atoms with Crippen molar-refractivity contribution in [2.45, 2.75) is 12.8 Å². The standard InChI is InChI=1S/C26H22F2N4O5/c27-26(28)35-22-9-8-19(15-23(22)36-26)34-18-5-3-4-17(14-18)16-31-10-12-32(13-11-31)25(33)29-24-20-6-1-2-7-21(20)37-30-24/h1-9,14-15H,10-13,16H2,(H,29,30,33). The van der Waals surface area contributed by atoms with Gasteiger partial charge in [0.05, 0.1) is 5.39 Å². The molecular weight excluding hydrogens is 486 g/mol. The molecule has 0 bridgehead atoms. The van der Waals surface area contributed by atoms with E-state index < -0.39 is 6.29 Å². The number of alkyl halides is 2. The summed E-state index contributed by atoms with van der Waals surface area (Å²) < 4.78 is 46.5. The molecule has 11 heteroatoms. The smallest absolute Gasteiger partial charge is 0.457 e. The van der Waals surface area contributed by atoms with Crippen molar-refractivity contribution in [3.63, 3.8) is 0 Å². The molecule has 2 aliphatic rings. The van der Waals surface area contributed by atoms with E-state index in [9.17, 15) is 13.6 Å². The number of rotatable bonds is 5. The maximum Gasteiger partial charge on any atom is 0.586 e. The number of urea groups is 1. The van der Waals surface area contributed by atoms with Gasteiger partial charge in [-0.3, -0.25) is 10.2 Å². The van der Waals surface area contributed by atoms with Crippen molar-refractivity contribution in [1.82, 2.24) is 15.0 Å². The lowest BCUT2D eigenvalue weighted by molar-refractivity contribution is -0.286. The lowest BCUT2D eigenvalue weighted by Gasteiger charge is -2.34. The van der Waals surface area contributed by atoms with Gasteiger partial charge < -0.3 is 23.6 Å². The Hall–Kier alpha value is -4.38. The van der Waals surface area contributed by atoms with Gasteiger partial charge in [0.25, 0.3) is 0 Å². The van der Waals surface area contributed by atoms with Crippen molar-refractivity contribution in [3.05, 3.63) is 72.3 Å². The number of piperazine rings is 1. The Morgan fingerprint density at radius 1 is 0.946 bits per heavy atom. The molecule has 1 aromatic heterocycles. The number of hydrogen-bond acceptors (Lipinski definition) is 7. The van der Waals surface area contributed by atoms with Gasteiger partial charge >= 0.3 is 12.3 Å². The van der Waals surface area contributed by atoms with Gasteiger partial charge in [0.2, 0.25) is 0 Å². The molecule has 0 atom stereocenters. The monoisotopic (exact) mass is 508 g/mol. The van der Waals surface area contributed by atoms with Crippen LogP contribution in [-0.2, 0) is 6.54 Å². The number of fused-ring (bicyclic) bond motifs is 2. The number of nitrogens with zero attached hydrogens (tertiary/aromatic N) is 3. The van der Waals surface area contributed by atoms with Gasteiger partial charge in [0, 0.05) is 38.8 Å². The topological polar surface area (TPSA) is 89.3 Å². The molecule has 9 nitrogen and oxygen atoms in total. The molecule has 2 amide bonds. The Morgan fingerprint density at radius 2 is 1.73 bits per heavy atom. The first kappa shape index (κ1) is 23.0. The molecule has 0 aliphatic carbocycles. The van der Waals surface area contributed by atoms with E-state index in [-0.39, 0.29) is 17.5 Å². The molecule has 3 heterocycles. The van der Waals surface area contributed by atoms with Crippen LogP contribution in [0.2, 0.25) is 0 Å². The fourth-order valence-corrected chi connectivity index (χ4v) is 4.36. The van der Waals surface area contributed by atoms with Crippen LogP contribution < -0.4 is 19.5 Å². The van der Waals surface area contributed by atoms with E-state index >= 15 is 0 Å². The highest BCUT2D eigenvalue weighted by atomic mass is 19.3. The second kappa shape index (κ2) is 9.25. The third-order valence-corrected chi connectivity index (χ3v) is 6.18. The Morgan fingerprint density at radius 3 is 2.59 bits per heavy atom. The summed E-state index contributed by atoms with van der Waals surface area (Å²) in [5.41, 5.74) is 1.64. The predicted molar refractivity (Wildman–Crippen MR) is 129 cm³/mol. The molecule has 2 aliphatic heterocycles. The normalized spacial score (nSPS) is 16.6. The fourth-order valence-electron chi connectivity index (χ4n) is 4.36. The van der Waals surface area contributed by atoms with E-state index in [1.165, 1.54) is 12.1 Å². The van der Waals surface area contributed by atoms with E-state index in [1.807, 2.05) is 36.4 Å². The molecule has 0 radical (unpaired) electrons. The zero-order valence-electron chi connectivity index (χ0n) is 19.5. The fraction of sp³-hybridized carbons (Fsp3) is 0.231. The van der Waals surface area contributed by atoms with Crippen LogP contribution >= 0.6 is 0 Å². The van der Waals surface area contributed by atoms with Crippen molar-refractivity contribution < 1.29 is 32.3 Å². The molecule has 1 N–H and O–H groups in total. The number of ether oxygens (including phenoxy) is 3. The van der Waals surface area contributed by atoms with Crippen molar-refractivity contribution in [1.29, 1.82) is 0 Å². The molecule has 0 saturated carbocycles. The van der Waals surface area contributed by atoms with E-state index in [1.54, 1.807) is 23.1 Å². The summed E-state index contributed by atoms with van der Waals surface area (Å²) >= 11 is 0. The lowest BCUT2D eigenvalue weighted by Crippen LogP contribution is -2.49. The van der Waals surface area contributed by atoms with Crippen LogP contribution in [0.25, 0.3) is 11.0 Å². The second-order valence-electron chi connectivity index (χ2n) is 8.75. The van der Waals surface area contributed by atoms with Gasteiger partial charge in [-0.05, 0) is 42.0 Å². The zero-order valence-corrected chi connectivity index (χ0v) is 19.5. The number of aromatic nitrogens is 1. The molecule has 3 aromatic carbocycles. The number of benzene rings is 3. The Balaban J connectivity index is 1.03. The number of anilines is 1. The highest BCUT2D eigenvalue weighted by molar-refractivity contribution is 5.98. The predicted octanol–water partition coefficient (Wildman–Crippen LogP) is 5.29. The van der Waals surface area contributed by atoms with E-state index in [0.717, 1.165) is 10.9 Å². The van der Waals surface area contributed by atoms with Crippen molar-refractivity contribution in [2.24, 2.45) is 0 Å². The minimum absolute atomic E-state index is 0.0340. The van der Waals surface area contributed by atoms with Crippen molar-refractivity contribution >= 4 is 22.8 Å². The van der Waals surface area contributed by atoms with E-state index in [2.05, 4.69) is 24.8 Å². The van der Waals surface area contributed by atoms with Crippen LogP contribution in [0.1, 0.15) is 5.56 Å². The molecule has 6 rings (SSSR count). The summed E-state index contributed by atoms with van der Waals surface area (Å²) in [4.78, 5) is 16.7. The maximum absolute atomic E-state index is 13.3. The Kier molecular flexibility index (Phi) is 5.76. The molecule has 1 fully saturated rings. The van der Waals surface area contributed by atoms with Crippen molar-refractivity contribution in [2.75, 3.05) is 31.5 Å². The number of nitrogens with one attached hydrogen (secondary N) is 1. The van der Waals surface area contributed by atoms with Crippen LogP contribution in [0.3, 0.4) is 0 Å². The summed E-state index contributed by atoms with van der Waals surface area (Å²) in [6.45, 7) is 3.22. The maximum atomic E-state index is 13.3. The number of halogens is 2. The summed E-state index contributed by atoms with van der Waals surface area (Å²) in [5, 5.41) is 7.56. The zero-order chi connectivity index (χ0) is 25.4. The summed E-state index contributed by atoms with van der Waals surface area (Å²) in [5.74, 6) is 1.24. The van der Waals surface area contributed by atoms with Gasteiger partial charge in [-0.15, -0.1) is 8.78 Å². The van der Waals surface area contributed by atoms with Crippen LogP contribution in [-0.4, -0.2) is 53.5 Å². The highest BCUT2D eigenvalue weighted by Crippen LogP contribution is 2.43. The van der Waals surface area contributed by atoms with Gasteiger partial charge in [-0.2, -0.15) is 0 Å². The molecule has 0 spiro atoms. The average Bonchev–Trinajstić information content (AvgIpc) is 3.43. The number of hydrogen-bond donors (Lipinski definition) is 1. The summed E-state index contributed by atoms with van der Waals surface area (Å²) in [6.07, 6.45) is -3.67. The van der Waals surface area contributed by atoms with Gasteiger partial charge in [-0.1, -0.05) is 29.4 Å². The van der Waals surface area contributed by atoms with Gasteiger partial charge in [0.15, 0.2) is 22.9 Å². The minimum Gasteiger partial charge on any atom is -0.457 e. The third kappa shape index (κ3) is 4.98. The molecule has 190 valence electrons. The van der Waals surface area contributed by atoms with Crippen molar-refractivity contribution in [3.8, 4) is 23.0 Å². The van der Waals surface area contributed by atoms with Crippen LogP contribution in [0.15, 0.2) is 71.3 Å². The molecule has 1 saturated heterocycles.